The molecular formula is C11H11IN4O2. The second-order valence-electron chi connectivity index (χ2n) is 3.85. The molecule has 0 radical (unpaired) electrons. The highest BCUT2D eigenvalue weighted by Gasteiger charge is 2.14. The van der Waals surface area contributed by atoms with Crippen LogP contribution < -0.4 is 5.73 Å². The number of nitrogen functional groups attached to an aromatic ring is 1. The summed E-state index contributed by atoms with van der Waals surface area (Å²) in [6.07, 6.45) is 1.69. The Kier molecular flexibility index (Phi) is 3.50. The minimum Gasteiger partial charge on any atom is -0.383 e. The highest BCUT2D eigenvalue weighted by atomic mass is 127. The van der Waals surface area contributed by atoms with E-state index >= 15 is 0 Å². The summed E-state index contributed by atoms with van der Waals surface area (Å²) in [5.74, 6) is 0.599. The number of aromatic nitrogens is 2. The molecule has 0 spiro atoms. The number of nitro benzene ring substituents is 1. The highest BCUT2D eigenvalue weighted by Crippen LogP contribution is 2.24. The van der Waals surface area contributed by atoms with Crippen LogP contribution in [0.3, 0.4) is 0 Å². The Hall–Kier alpha value is -1.64. The summed E-state index contributed by atoms with van der Waals surface area (Å²) < 4.78 is 2.59. The first kappa shape index (κ1) is 12.8. The summed E-state index contributed by atoms with van der Waals surface area (Å²) in [7, 11) is 0. The van der Waals surface area contributed by atoms with Crippen molar-refractivity contribution in [3.8, 4) is 0 Å². The second kappa shape index (κ2) is 4.92. The monoisotopic (exact) mass is 358 g/mol. The SMILES string of the molecule is CC(c1ccc([N+](=O)[O-])cc1)n1ncc(I)c1N. The largest absolute Gasteiger partial charge is 0.383 e. The van der Waals surface area contributed by atoms with Crippen LogP contribution in [0.5, 0.6) is 0 Å². The van der Waals surface area contributed by atoms with Gasteiger partial charge in [0.25, 0.3) is 5.69 Å². The first-order chi connectivity index (χ1) is 8.50. The normalized spacial score (nSPS) is 12.3. The molecule has 6 nitrogen and oxygen atoms in total. The van der Waals surface area contributed by atoms with Crippen molar-refractivity contribution < 1.29 is 4.92 Å². The number of rotatable bonds is 3. The van der Waals surface area contributed by atoms with Crippen molar-refractivity contribution in [2.75, 3.05) is 5.73 Å². The molecule has 0 aliphatic heterocycles. The van der Waals surface area contributed by atoms with E-state index in [0.717, 1.165) is 9.13 Å². The van der Waals surface area contributed by atoms with Gasteiger partial charge in [-0.15, -0.1) is 0 Å². The number of halogens is 1. The fourth-order valence-electron chi connectivity index (χ4n) is 1.68. The Labute approximate surface area is 117 Å². The molecule has 0 fully saturated rings. The Morgan fingerprint density at radius 3 is 2.50 bits per heavy atom. The van der Waals surface area contributed by atoms with Gasteiger partial charge in [-0.3, -0.25) is 10.1 Å². The minimum absolute atomic E-state index is 0.0608. The van der Waals surface area contributed by atoms with Crippen molar-refractivity contribution in [3.63, 3.8) is 0 Å². The maximum absolute atomic E-state index is 10.6. The van der Waals surface area contributed by atoms with E-state index in [1.807, 2.05) is 6.92 Å². The summed E-state index contributed by atoms with van der Waals surface area (Å²) >= 11 is 2.11. The second-order valence-corrected chi connectivity index (χ2v) is 5.01. The number of nitro groups is 1. The quantitative estimate of drug-likeness (QED) is 0.519. The smallest absolute Gasteiger partial charge is 0.269 e. The van der Waals surface area contributed by atoms with Gasteiger partial charge in [-0.1, -0.05) is 12.1 Å². The maximum atomic E-state index is 10.6. The van der Waals surface area contributed by atoms with Gasteiger partial charge in [0.15, 0.2) is 0 Å². The fraction of sp³-hybridized carbons (Fsp3) is 0.182. The van der Waals surface area contributed by atoms with Gasteiger partial charge in [0, 0.05) is 12.1 Å². The summed E-state index contributed by atoms with van der Waals surface area (Å²) in [5.41, 5.74) is 6.90. The van der Waals surface area contributed by atoms with E-state index in [1.165, 1.54) is 12.1 Å². The van der Waals surface area contributed by atoms with E-state index < -0.39 is 4.92 Å². The van der Waals surface area contributed by atoms with E-state index in [1.54, 1.807) is 23.0 Å². The zero-order chi connectivity index (χ0) is 13.3. The van der Waals surface area contributed by atoms with Crippen LogP contribution in [0, 0.1) is 13.7 Å². The first-order valence-corrected chi connectivity index (χ1v) is 6.31. The number of nitrogens with two attached hydrogens (primary N) is 1. The van der Waals surface area contributed by atoms with Gasteiger partial charge in [0.05, 0.1) is 20.7 Å². The summed E-state index contributed by atoms with van der Waals surface area (Å²) in [6.45, 7) is 1.95. The molecule has 2 aromatic rings. The average molecular weight is 358 g/mol. The van der Waals surface area contributed by atoms with Crippen molar-refractivity contribution in [1.29, 1.82) is 0 Å². The molecule has 1 aromatic heterocycles. The van der Waals surface area contributed by atoms with E-state index in [0.29, 0.717) is 5.82 Å². The molecule has 0 amide bonds. The number of nitrogens with zero attached hydrogens (tertiary/aromatic N) is 3. The number of anilines is 1. The molecule has 18 heavy (non-hydrogen) atoms. The van der Waals surface area contributed by atoms with Crippen LogP contribution in [0.1, 0.15) is 18.5 Å². The topological polar surface area (TPSA) is 87.0 Å². The standard InChI is InChI=1S/C11H11IN4O2/c1-7(15-11(13)10(12)6-14-15)8-2-4-9(5-3-8)16(17)18/h2-7H,13H2,1H3. The summed E-state index contributed by atoms with van der Waals surface area (Å²) in [5, 5.41) is 14.8. The average Bonchev–Trinajstić information content (AvgIpc) is 2.69. The van der Waals surface area contributed by atoms with Crippen molar-refractivity contribution in [1.82, 2.24) is 9.78 Å². The third-order valence-corrected chi connectivity index (χ3v) is 3.57. The van der Waals surface area contributed by atoms with Crippen molar-refractivity contribution in [2.24, 2.45) is 0 Å². The Balaban J connectivity index is 2.31. The molecule has 0 bridgehead atoms. The van der Waals surface area contributed by atoms with Crippen LogP contribution in [0.2, 0.25) is 0 Å². The molecule has 94 valence electrons. The van der Waals surface area contributed by atoms with Crippen LogP contribution in [-0.2, 0) is 0 Å². The Bertz CT molecular complexity index is 579. The maximum Gasteiger partial charge on any atom is 0.269 e. The molecule has 1 heterocycles. The predicted octanol–water partition coefficient (Wildman–Crippen LogP) is 2.59. The van der Waals surface area contributed by atoms with Crippen molar-refractivity contribution >= 4 is 34.1 Å². The van der Waals surface area contributed by atoms with E-state index in [9.17, 15) is 10.1 Å². The first-order valence-electron chi connectivity index (χ1n) is 5.23. The molecule has 0 saturated carbocycles. The van der Waals surface area contributed by atoms with E-state index in [2.05, 4.69) is 27.7 Å². The predicted molar refractivity (Wildman–Crippen MR) is 76.3 cm³/mol. The minimum atomic E-state index is -0.417. The molecular weight excluding hydrogens is 347 g/mol. The molecule has 0 saturated heterocycles. The van der Waals surface area contributed by atoms with Crippen LogP contribution in [-0.4, -0.2) is 14.7 Å². The zero-order valence-electron chi connectivity index (χ0n) is 9.58. The lowest BCUT2D eigenvalue weighted by atomic mass is 10.1. The number of hydrogen-bond donors (Lipinski definition) is 1. The van der Waals surface area contributed by atoms with Gasteiger partial charge in [-0.2, -0.15) is 5.10 Å². The zero-order valence-corrected chi connectivity index (χ0v) is 11.7. The van der Waals surface area contributed by atoms with Crippen molar-refractivity contribution in [2.45, 2.75) is 13.0 Å². The van der Waals surface area contributed by atoms with Gasteiger partial charge in [-0.05, 0) is 35.1 Å². The van der Waals surface area contributed by atoms with Crippen molar-refractivity contribution in [3.05, 3.63) is 49.7 Å². The molecule has 7 heteroatoms. The van der Waals surface area contributed by atoms with Crippen LogP contribution in [0.4, 0.5) is 11.5 Å². The number of non-ortho nitro benzene ring substituents is 1. The third-order valence-electron chi connectivity index (χ3n) is 2.74. The summed E-state index contributed by atoms with van der Waals surface area (Å²) in [6, 6.07) is 6.34. The van der Waals surface area contributed by atoms with Gasteiger partial charge in [0.2, 0.25) is 0 Å². The van der Waals surface area contributed by atoms with Crippen LogP contribution in [0.15, 0.2) is 30.5 Å². The van der Waals surface area contributed by atoms with E-state index in [4.69, 9.17) is 5.73 Å². The Morgan fingerprint density at radius 2 is 2.06 bits per heavy atom. The Morgan fingerprint density at radius 1 is 1.44 bits per heavy atom. The molecule has 2 rings (SSSR count). The lowest BCUT2D eigenvalue weighted by molar-refractivity contribution is -0.384. The molecule has 0 aliphatic rings. The fourth-order valence-corrected chi connectivity index (χ4v) is 2.05. The van der Waals surface area contributed by atoms with Crippen LogP contribution >= 0.6 is 22.6 Å². The van der Waals surface area contributed by atoms with Gasteiger partial charge >= 0.3 is 0 Å². The molecule has 0 aliphatic carbocycles. The molecule has 1 aromatic carbocycles. The lowest BCUT2D eigenvalue weighted by Gasteiger charge is -2.14. The van der Waals surface area contributed by atoms with Gasteiger partial charge in [0.1, 0.15) is 5.82 Å². The number of benzene rings is 1. The van der Waals surface area contributed by atoms with Gasteiger partial charge in [-0.25, -0.2) is 4.68 Å². The van der Waals surface area contributed by atoms with Crippen LogP contribution in [0.25, 0.3) is 0 Å². The molecule has 1 atom stereocenters. The third kappa shape index (κ3) is 2.30. The molecule has 2 N–H and O–H groups in total. The number of hydrogen-bond acceptors (Lipinski definition) is 4. The van der Waals surface area contributed by atoms with E-state index in [-0.39, 0.29) is 11.7 Å². The molecule has 1 unspecified atom stereocenters. The highest BCUT2D eigenvalue weighted by molar-refractivity contribution is 14.1. The van der Waals surface area contributed by atoms with Gasteiger partial charge < -0.3 is 5.73 Å². The summed E-state index contributed by atoms with van der Waals surface area (Å²) in [4.78, 5) is 10.2. The lowest BCUT2D eigenvalue weighted by Crippen LogP contribution is -2.11.